The van der Waals surface area contributed by atoms with Gasteiger partial charge in [0.05, 0.1) is 23.4 Å². The fraction of sp³-hybridized carbons (Fsp3) is 0.500. The Bertz CT molecular complexity index is 423. The van der Waals surface area contributed by atoms with Crippen LogP contribution in [0.4, 0.5) is 11.4 Å². The third-order valence-corrected chi connectivity index (χ3v) is 4.03. The van der Waals surface area contributed by atoms with Gasteiger partial charge in [-0.3, -0.25) is 0 Å². The molecular weight excluding hydrogens is 236 g/mol. The second-order valence-electron chi connectivity index (χ2n) is 4.08. The molecule has 1 unspecified atom stereocenters. The number of methoxy groups -OCH3 is 1. The van der Waals surface area contributed by atoms with Crippen molar-refractivity contribution in [3.05, 3.63) is 6.07 Å². The highest BCUT2D eigenvalue weighted by Gasteiger charge is 2.25. The minimum Gasteiger partial charge on any atom is -0.494 e. The van der Waals surface area contributed by atoms with Gasteiger partial charge < -0.3 is 20.9 Å². The summed E-state index contributed by atoms with van der Waals surface area (Å²) in [4.78, 5) is 0.911. The molecule has 1 aliphatic rings. The molecule has 1 aromatic carbocycles. The molecule has 94 valence electrons. The van der Waals surface area contributed by atoms with Gasteiger partial charge >= 0.3 is 0 Å². The number of nitrogen functional groups attached to an aromatic ring is 2. The summed E-state index contributed by atoms with van der Waals surface area (Å²) in [7, 11) is 1.59. The van der Waals surface area contributed by atoms with E-state index in [1.165, 1.54) is 0 Å². The van der Waals surface area contributed by atoms with Crippen molar-refractivity contribution in [2.45, 2.75) is 30.8 Å². The van der Waals surface area contributed by atoms with Gasteiger partial charge in [0.1, 0.15) is 11.9 Å². The Balaban J connectivity index is 2.36. The zero-order valence-corrected chi connectivity index (χ0v) is 11.0. The van der Waals surface area contributed by atoms with Crippen molar-refractivity contribution in [3.8, 4) is 11.5 Å². The van der Waals surface area contributed by atoms with E-state index >= 15 is 0 Å². The predicted octanol–water partition coefficient (Wildman–Crippen LogP) is 2.51. The zero-order chi connectivity index (χ0) is 12.4. The monoisotopic (exact) mass is 254 g/mol. The van der Waals surface area contributed by atoms with E-state index in [1.54, 1.807) is 24.9 Å². The molecule has 1 aliphatic heterocycles. The van der Waals surface area contributed by atoms with Crippen LogP contribution in [0.1, 0.15) is 19.8 Å². The maximum Gasteiger partial charge on any atom is 0.158 e. The van der Waals surface area contributed by atoms with E-state index in [0.717, 1.165) is 29.2 Å². The Morgan fingerprint density at radius 3 is 2.94 bits per heavy atom. The quantitative estimate of drug-likeness (QED) is 0.811. The molecule has 4 N–H and O–H groups in total. The molecule has 5 heteroatoms. The lowest BCUT2D eigenvalue weighted by Crippen LogP contribution is -2.24. The molecule has 17 heavy (non-hydrogen) atoms. The Hall–Kier alpha value is -1.23. The van der Waals surface area contributed by atoms with E-state index in [9.17, 15) is 0 Å². The van der Waals surface area contributed by atoms with Gasteiger partial charge in [-0.2, -0.15) is 0 Å². The van der Waals surface area contributed by atoms with Crippen LogP contribution < -0.4 is 20.9 Å². The molecule has 0 saturated carbocycles. The normalized spacial score (nSPS) is 18.4. The number of hydrogen-bond donors (Lipinski definition) is 2. The fourth-order valence-corrected chi connectivity index (χ4v) is 3.07. The third-order valence-electron chi connectivity index (χ3n) is 2.79. The first kappa shape index (κ1) is 12.2. The summed E-state index contributed by atoms with van der Waals surface area (Å²) in [5.74, 6) is 2.25. The van der Waals surface area contributed by atoms with Gasteiger partial charge in [-0.05, 0) is 6.42 Å². The smallest absolute Gasteiger partial charge is 0.158 e. The highest BCUT2D eigenvalue weighted by atomic mass is 32.2. The maximum absolute atomic E-state index is 6.02. The molecule has 1 atom stereocenters. The van der Waals surface area contributed by atoms with Gasteiger partial charge in [0.15, 0.2) is 5.75 Å². The lowest BCUT2D eigenvalue weighted by molar-refractivity contribution is 0.205. The number of rotatable bonds is 3. The van der Waals surface area contributed by atoms with E-state index in [2.05, 4.69) is 6.92 Å². The summed E-state index contributed by atoms with van der Waals surface area (Å²) >= 11 is 1.70. The molecule has 4 nitrogen and oxygen atoms in total. The summed E-state index contributed by atoms with van der Waals surface area (Å²) in [6.07, 6.45) is 2.37. The minimum atomic E-state index is 0.229. The van der Waals surface area contributed by atoms with Crippen molar-refractivity contribution in [2.24, 2.45) is 0 Å². The first-order valence-corrected chi connectivity index (χ1v) is 6.71. The Labute approximate surface area is 106 Å². The van der Waals surface area contributed by atoms with Gasteiger partial charge in [-0.25, -0.2) is 0 Å². The molecule has 1 aromatic rings. The largest absolute Gasteiger partial charge is 0.494 e. The minimum absolute atomic E-state index is 0.229. The van der Waals surface area contributed by atoms with Crippen molar-refractivity contribution in [1.82, 2.24) is 0 Å². The first-order chi connectivity index (χ1) is 8.17. The van der Waals surface area contributed by atoms with E-state index < -0.39 is 0 Å². The Morgan fingerprint density at radius 1 is 1.53 bits per heavy atom. The van der Waals surface area contributed by atoms with Crippen LogP contribution >= 0.6 is 11.8 Å². The molecule has 0 saturated heterocycles. The van der Waals surface area contributed by atoms with Crippen molar-refractivity contribution >= 4 is 23.1 Å². The summed E-state index contributed by atoms with van der Waals surface area (Å²) < 4.78 is 11.1. The van der Waals surface area contributed by atoms with Gasteiger partial charge in [0.2, 0.25) is 0 Å². The Morgan fingerprint density at radius 2 is 2.29 bits per heavy atom. The molecule has 0 aliphatic carbocycles. The highest BCUT2D eigenvalue weighted by molar-refractivity contribution is 7.99. The topological polar surface area (TPSA) is 70.5 Å². The lowest BCUT2D eigenvalue weighted by atomic mass is 10.2. The second kappa shape index (κ2) is 4.96. The molecule has 0 aromatic heterocycles. The average Bonchev–Trinajstić information content (AvgIpc) is 2.34. The predicted molar refractivity (Wildman–Crippen MR) is 71.9 cm³/mol. The molecule has 0 fully saturated rings. The molecule has 2 rings (SSSR count). The number of hydrogen-bond acceptors (Lipinski definition) is 5. The van der Waals surface area contributed by atoms with Gasteiger partial charge in [-0.15, -0.1) is 11.8 Å². The van der Waals surface area contributed by atoms with Crippen LogP contribution in [0.15, 0.2) is 11.0 Å². The molecule has 0 amide bonds. The standard InChI is InChI=1S/C12H18N2O2S/c1-3-4-7-6-17-12-10(14)9(15-2)5-8(13)11(12)16-7/h5,7H,3-4,6,13-14H2,1-2H3. The molecule has 0 bridgehead atoms. The zero-order valence-electron chi connectivity index (χ0n) is 10.2. The number of ether oxygens (including phenoxy) is 2. The number of benzene rings is 1. The lowest BCUT2D eigenvalue weighted by Gasteiger charge is -2.28. The molecule has 1 heterocycles. The molecular formula is C12H18N2O2S. The van der Waals surface area contributed by atoms with Crippen molar-refractivity contribution in [1.29, 1.82) is 0 Å². The van der Waals surface area contributed by atoms with Crippen LogP contribution in [0.2, 0.25) is 0 Å². The van der Waals surface area contributed by atoms with Gasteiger partial charge in [-0.1, -0.05) is 13.3 Å². The van der Waals surface area contributed by atoms with E-state index in [-0.39, 0.29) is 6.10 Å². The van der Waals surface area contributed by atoms with Crippen molar-refractivity contribution in [3.63, 3.8) is 0 Å². The van der Waals surface area contributed by atoms with Crippen molar-refractivity contribution in [2.75, 3.05) is 24.3 Å². The summed E-state index contributed by atoms with van der Waals surface area (Å²) in [6, 6.07) is 1.73. The molecule has 0 spiro atoms. The number of thioether (sulfide) groups is 1. The van der Waals surface area contributed by atoms with Crippen LogP contribution in [-0.4, -0.2) is 19.0 Å². The fourth-order valence-electron chi connectivity index (χ4n) is 1.92. The Kier molecular flexibility index (Phi) is 3.57. The van der Waals surface area contributed by atoms with Crippen LogP contribution in [0.5, 0.6) is 11.5 Å². The summed E-state index contributed by atoms with van der Waals surface area (Å²) in [5, 5.41) is 0. The van der Waals surface area contributed by atoms with Crippen LogP contribution in [0.3, 0.4) is 0 Å². The van der Waals surface area contributed by atoms with E-state index in [0.29, 0.717) is 17.1 Å². The third kappa shape index (κ3) is 2.24. The van der Waals surface area contributed by atoms with Crippen LogP contribution in [-0.2, 0) is 0 Å². The highest BCUT2D eigenvalue weighted by Crippen LogP contribution is 2.47. The van der Waals surface area contributed by atoms with Crippen LogP contribution in [0, 0.1) is 0 Å². The first-order valence-electron chi connectivity index (χ1n) is 5.72. The van der Waals surface area contributed by atoms with E-state index in [1.807, 2.05) is 0 Å². The van der Waals surface area contributed by atoms with Crippen molar-refractivity contribution < 1.29 is 9.47 Å². The SMILES string of the molecule is CCCC1CSc2c(N)c(OC)cc(N)c2O1. The van der Waals surface area contributed by atoms with Crippen LogP contribution in [0.25, 0.3) is 0 Å². The average molecular weight is 254 g/mol. The summed E-state index contributed by atoms with van der Waals surface area (Å²) in [6.45, 7) is 2.15. The maximum atomic E-state index is 6.02. The molecule has 0 radical (unpaired) electrons. The second-order valence-corrected chi connectivity index (χ2v) is 5.11. The van der Waals surface area contributed by atoms with Gasteiger partial charge in [0, 0.05) is 11.8 Å². The van der Waals surface area contributed by atoms with Gasteiger partial charge in [0.25, 0.3) is 0 Å². The summed E-state index contributed by atoms with van der Waals surface area (Å²) in [5.41, 5.74) is 13.2. The number of nitrogens with two attached hydrogens (primary N) is 2. The number of anilines is 2. The van der Waals surface area contributed by atoms with E-state index in [4.69, 9.17) is 20.9 Å². The number of fused-ring (bicyclic) bond motifs is 1.